The van der Waals surface area contributed by atoms with Gasteiger partial charge in [-0.3, -0.25) is 0 Å². The van der Waals surface area contributed by atoms with Crippen LogP contribution in [0.3, 0.4) is 0 Å². The number of hydrogen-bond donors (Lipinski definition) is 1. The lowest BCUT2D eigenvalue weighted by Crippen LogP contribution is -2.28. The molecule has 3 aromatic rings. The minimum atomic E-state index is -0.530. The Morgan fingerprint density at radius 3 is 1.93 bits per heavy atom. The van der Waals surface area contributed by atoms with Gasteiger partial charge in [0.15, 0.2) is 0 Å². The largest absolute Gasteiger partial charge is 0.491 e. The molecule has 0 saturated carbocycles. The van der Waals surface area contributed by atoms with Crippen LogP contribution in [0.5, 0.6) is 5.75 Å². The SMILES string of the molecule is O=C(NCCOc1ccccc1C(=O)OCc1ccccc1)OCc1ccccc1. The fraction of sp³-hybridized carbons (Fsp3) is 0.167. The molecule has 0 radical (unpaired) electrons. The molecule has 1 N–H and O–H groups in total. The van der Waals surface area contributed by atoms with Crippen LogP contribution in [0.4, 0.5) is 4.79 Å². The highest BCUT2D eigenvalue weighted by Gasteiger charge is 2.14. The van der Waals surface area contributed by atoms with Crippen LogP contribution >= 0.6 is 0 Å². The monoisotopic (exact) mass is 405 g/mol. The van der Waals surface area contributed by atoms with Crippen LogP contribution in [0.15, 0.2) is 84.9 Å². The van der Waals surface area contributed by atoms with Crippen molar-refractivity contribution in [2.45, 2.75) is 13.2 Å². The fourth-order valence-corrected chi connectivity index (χ4v) is 2.65. The first-order valence-corrected chi connectivity index (χ1v) is 9.60. The first-order chi connectivity index (χ1) is 14.7. The minimum Gasteiger partial charge on any atom is -0.491 e. The zero-order valence-electron chi connectivity index (χ0n) is 16.5. The van der Waals surface area contributed by atoms with E-state index in [-0.39, 0.29) is 26.4 Å². The van der Waals surface area contributed by atoms with E-state index >= 15 is 0 Å². The molecule has 0 aromatic heterocycles. The number of nitrogens with one attached hydrogen (secondary N) is 1. The average Bonchev–Trinajstić information content (AvgIpc) is 2.80. The van der Waals surface area contributed by atoms with E-state index in [0.29, 0.717) is 11.3 Å². The van der Waals surface area contributed by atoms with Gasteiger partial charge in [0, 0.05) is 0 Å². The summed E-state index contributed by atoms with van der Waals surface area (Å²) in [5, 5.41) is 2.62. The molecule has 6 heteroatoms. The third kappa shape index (κ3) is 6.67. The number of ether oxygens (including phenoxy) is 3. The number of hydrogen-bond acceptors (Lipinski definition) is 5. The molecule has 0 bridgehead atoms. The maximum atomic E-state index is 12.4. The normalized spacial score (nSPS) is 10.1. The van der Waals surface area contributed by atoms with Crippen LogP contribution in [-0.2, 0) is 22.7 Å². The Bertz CT molecular complexity index is 944. The van der Waals surface area contributed by atoms with Crippen molar-refractivity contribution in [3.8, 4) is 5.75 Å². The number of rotatable bonds is 9. The predicted molar refractivity (Wildman–Crippen MR) is 112 cm³/mol. The molecule has 1 amide bonds. The number of carbonyl (C=O) groups excluding carboxylic acids is 2. The molecule has 0 aliphatic heterocycles. The molecule has 0 heterocycles. The Balaban J connectivity index is 1.42. The third-order valence-electron chi connectivity index (χ3n) is 4.16. The molecule has 0 aliphatic carbocycles. The van der Waals surface area contributed by atoms with Gasteiger partial charge in [0.25, 0.3) is 0 Å². The van der Waals surface area contributed by atoms with E-state index in [1.807, 2.05) is 60.7 Å². The van der Waals surface area contributed by atoms with E-state index in [9.17, 15) is 9.59 Å². The van der Waals surface area contributed by atoms with Gasteiger partial charge in [-0.05, 0) is 23.3 Å². The molecule has 6 nitrogen and oxygen atoms in total. The molecular formula is C24H23NO5. The molecule has 3 rings (SSSR count). The summed E-state index contributed by atoms with van der Waals surface area (Å²) in [4.78, 5) is 24.2. The van der Waals surface area contributed by atoms with E-state index in [1.165, 1.54) is 0 Å². The molecular weight excluding hydrogens is 382 g/mol. The highest BCUT2D eigenvalue weighted by Crippen LogP contribution is 2.19. The Hall–Kier alpha value is -3.80. The molecule has 3 aromatic carbocycles. The van der Waals surface area contributed by atoms with Gasteiger partial charge >= 0.3 is 12.1 Å². The number of carbonyl (C=O) groups is 2. The van der Waals surface area contributed by atoms with Crippen LogP contribution in [0.1, 0.15) is 21.5 Å². The minimum absolute atomic E-state index is 0.183. The number of esters is 1. The zero-order valence-corrected chi connectivity index (χ0v) is 16.5. The van der Waals surface area contributed by atoms with Crippen molar-refractivity contribution in [2.24, 2.45) is 0 Å². The van der Waals surface area contributed by atoms with Crippen molar-refractivity contribution in [3.05, 3.63) is 102 Å². The van der Waals surface area contributed by atoms with Gasteiger partial charge in [0.05, 0.1) is 6.54 Å². The van der Waals surface area contributed by atoms with E-state index in [0.717, 1.165) is 11.1 Å². The fourth-order valence-electron chi connectivity index (χ4n) is 2.65. The van der Waals surface area contributed by atoms with Crippen molar-refractivity contribution in [1.82, 2.24) is 5.32 Å². The van der Waals surface area contributed by atoms with Crippen molar-refractivity contribution in [3.63, 3.8) is 0 Å². The summed E-state index contributed by atoms with van der Waals surface area (Å²) in [6.45, 7) is 0.802. The summed E-state index contributed by atoms with van der Waals surface area (Å²) in [5.41, 5.74) is 2.15. The van der Waals surface area contributed by atoms with E-state index in [1.54, 1.807) is 24.3 Å². The Labute approximate surface area is 175 Å². The van der Waals surface area contributed by atoms with E-state index in [2.05, 4.69) is 5.32 Å². The highest BCUT2D eigenvalue weighted by molar-refractivity contribution is 5.92. The maximum absolute atomic E-state index is 12.4. The molecule has 154 valence electrons. The quantitative estimate of drug-likeness (QED) is 0.423. The Morgan fingerprint density at radius 1 is 0.700 bits per heavy atom. The first-order valence-electron chi connectivity index (χ1n) is 9.60. The summed E-state index contributed by atoms with van der Waals surface area (Å²) in [6, 6.07) is 25.7. The second kappa shape index (κ2) is 11.3. The molecule has 0 saturated heterocycles. The van der Waals surface area contributed by atoms with Crippen molar-refractivity contribution in [2.75, 3.05) is 13.2 Å². The Morgan fingerprint density at radius 2 is 1.27 bits per heavy atom. The smallest absolute Gasteiger partial charge is 0.407 e. The van der Waals surface area contributed by atoms with Crippen molar-refractivity contribution < 1.29 is 23.8 Å². The standard InChI is InChI=1S/C24H23NO5/c26-23(29-17-19-9-3-1-4-10-19)21-13-7-8-14-22(21)28-16-15-25-24(27)30-18-20-11-5-2-6-12-20/h1-14H,15-18H2,(H,25,27). The molecule has 0 unspecified atom stereocenters. The lowest BCUT2D eigenvalue weighted by molar-refractivity contribution is 0.0468. The van der Waals surface area contributed by atoms with Gasteiger partial charge in [0.1, 0.15) is 31.1 Å². The van der Waals surface area contributed by atoms with Crippen LogP contribution in [0, 0.1) is 0 Å². The third-order valence-corrected chi connectivity index (χ3v) is 4.16. The summed E-state index contributed by atoms with van der Waals surface area (Å²) >= 11 is 0. The van der Waals surface area contributed by atoms with Gasteiger partial charge in [-0.15, -0.1) is 0 Å². The topological polar surface area (TPSA) is 73.9 Å². The number of alkyl carbamates (subject to hydrolysis) is 1. The molecule has 0 aliphatic rings. The van der Waals surface area contributed by atoms with Crippen LogP contribution in [0.2, 0.25) is 0 Å². The number of benzene rings is 3. The van der Waals surface area contributed by atoms with Gasteiger partial charge in [-0.1, -0.05) is 72.8 Å². The van der Waals surface area contributed by atoms with E-state index < -0.39 is 12.1 Å². The second-order valence-electron chi connectivity index (χ2n) is 6.39. The lowest BCUT2D eigenvalue weighted by Gasteiger charge is -2.12. The van der Waals surface area contributed by atoms with Gasteiger partial charge in [-0.2, -0.15) is 0 Å². The molecule has 0 atom stereocenters. The van der Waals surface area contributed by atoms with E-state index in [4.69, 9.17) is 14.2 Å². The van der Waals surface area contributed by atoms with Crippen molar-refractivity contribution in [1.29, 1.82) is 0 Å². The molecule has 0 fully saturated rings. The van der Waals surface area contributed by atoms with Crippen LogP contribution < -0.4 is 10.1 Å². The van der Waals surface area contributed by atoms with Gasteiger partial charge < -0.3 is 19.5 Å². The van der Waals surface area contributed by atoms with Crippen molar-refractivity contribution >= 4 is 12.1 Å². The average molecular weight is 405 g/mol. The lowest BCUT2D eigenvalue weighted by atomic mass is 10.2. The van der Waals surface area contributed by atoms with Gasteiger partial charge in [0.2, 0.25) is 0 Å². The van der Waals surface area contributed by atoms with Crippen LogP contribution in [-0.4, -0.2) is 25.2 Å². The molecule has 0 spiro atoms. The summed E-state index contributed by atoms with van der Waals surface area (Å²) < 4.78 is 16.2. The second-order valence-corrected chi connectivity index (χ2v) is 6.39. The van der Waals surface area contributed by atoms with Crippen LogP contribution in [0.25, 0.3) is 0 Å². The highest BCUT2D eigenvalue weighted by atomic mass is 16.5. The summed E-state index contributed by atoms with van der Waals surface area (Å²) in [6.07, 6.45) is -0.530. The zero-order chi connectivity index (χ0) is 21.0. The van der Waals surface area contributed by atoms with Gasteiger partial charge in [-0.25, -0.2) is 9.59 Å². The predicted octanol–water partition coefficient (Wildman–Crippen LogP) is 4.35. The summed E-state index contributed by atoms with van der Waals surface area (Å²) in [5.74, 6) is -0.0697. The first kappa shape index (κ1) is 20.9. The Kier molecular flexibility index (Phi) is 7.85. The number of para-hydroxylation sites is 1. The molecule has 30 heavy (non-hydrogen) atoms. The number of amides is 1. The maximum Gasteiger partial charge on any atom is 0.407 e. The summed E-state index contributed by atoms with van der Waals surface area (Å²) in [7, 11) is 0.